The third kappa shape index (κ3) is 6.09. The lowest BCUT2D eigenvalue weighted by molar-refractivity contribution is -0.143. The number of aryl methyl sites for hydroxylation is 1. The summed E-state index contributed by atoms with van der Waals surface area (Å²) in [6.07, 6.45) is 1.68. The van der Waals surface area contributed by atoms with E-state index in [0.29, 0.717) is 36.6 Å². The molecule has 0 N–H and O–H groups in total. The number of benzene rings is 2. The number of amides is 1. The maximum absolute atomic E-state index is 12.5. The summed E-state index contributed by atoms with van der Waals surface area (Å²) in [6.45, 7) is 4.98. The van der Waals surface area contributed by atoms with Crippen molar-refractivity contribution in [3.05, 3.63) is 53.6 Å². The molecule has 0 unspecified atom stereocenters. The van der Waals surface area contributed by atoms with Crippen LogP contribution in [0.2, 0.25) is 0 Å². The van der Waals surface area contributed by atoms with Crippen molar-refractivity contribution in [2.45, 2.75) is 39.5 Å². The van der Waals surface area contributed by atoms with Crippen molar-refractivity contribution in [1.82, 2.24) is 0 Å². The standard InChI is InChI=1S/C25H29NO6/c1-3-18-6-9-20(10-7-18)31-15-5-14-26-21-16-19(8-12-23(21)32-17-24(26)28)22(27)11-13-25(29)30-4-2/h6-10,12,16H,3-5,11,13-15,17H2,1-2H3. The van der Waals surface area contributed by atoms with Crippen molar-refractivity contribution in [2.75, 3.05) is 31.3 Å². The average molecular weight is 440 g/mol. The minimum Gasteiger partial charge on any atom is -0.494 e. The highest BCUT2D eigenvalue weighted by Gasteiger charge is 2.26. The first kappa shape index (κ1) is 23.3. The van der Waals surface area contributed by atoms with E-state index >= 15 is 0 Å². The third-order valence-corrected chi connectivity index (χ3v) is 5.21. The fraction of sp³-hybridized carbons (Fsp3) is 0.400. The molecule has 3 rings (SSSR count). The Hall–Kier alpha value is -3.35. The predicted octanol–water partition coefficient (Wildman–Crippen LogP) is 3.97. The van der Waals surface area contributed by atoms with E-state index in [-0.39, 0.29) is 37.7 Å². The number of ketones is 1. The van der Waals surface area contributed by atoms with Gasteiger partial charge in [0, 0.05) is 18.5 Å². The molecule has 0 radical (unpaired) electrons. The molecule has 1 aliphatic heterocycles. The second-order valence-electron chi connectivity index (χ2n) is 7.44. The Balaban J connectivity index is 1.60. The normalized spacial score (nSPS) is 12.7. The second kappa shape index (κ2) is 11.3. The average Bonchev–Trinajstić information content (AvgIpc) is 2.81. The van der Waals surface area contributed by atoms with Gasteiger partial charge in [-0.05, 0) is 55.7 Å². The van der Waals surface area contributed by atoms with Gasteiger partial charge in [0.1, 0.15) is 11.5 Å². The maximum Gasteiger partial charge on any atom is 0.306 e. The quantitative estimate of drug-likeness (QED) is 0.299. The van der Waals surface area contributed by atoms with E-state index in [1.54, 1.807) is 30.0 Å². The zero-order valence-electron chi connectivity index (χ0n) is 18.6. The highest BCUT2D eigenvalue weighted by atomic mass is 16.5. The molecule has 0 fully saturated rings. The Bertz CT molecular complexity index is 953. The van der Waals surface area contributed by atoms with E-state index in [9.17, 15) is 14.4 Å². The monoisotopic (exact) mass is 439 g/mol. The van der Waals surface area contributed by atoms with Gasteiger partial charge in [-0.2, -0.15) is 0 Å². The number of carbonyl (C=O) groups is 3. The van der Waals surface area contributed by atoms with E-state index in [2.05, 4.69) is 6.92 Å². The molecule has 0 atom stereocenters. The van der Waals surface area contributed by atoms with Crippen molar-refractivity contribution in [3.8, 4) is 11.5 Å². The Morgan fingerprint density at radius 3 is 2.56 bits per heavy atom. The fourth-order valence-electron chi connectivity index (χ4n) is 3.45. The Morgan fingerprint density at radius 2 is 1.84 bits per heavy atom. The van der Waals surface area contributed by atoms with Crippen LogP contribution in [-0.4, -0.2) is 44.0 Å². The lowest BCUT2D eigenvalue weighted by Gasteiger charge is -2.29. The molecule has 170 valence electrons. The minimum absolute atomic E-state index is 0.0273. The lowest BCUT2D eigenvalue weighted by Crippen LogP contribution is -2.40. The molecule has 0 aromatic heterocycles. The molecule has 7 heteroatoms. The van der Waals surface area contributed by atoms with Gasteiger partial charge in [0.25, 0.3) is 5.91 Å². The van der Waals surface area contributed by atoms with Gasteiger partial charge in [-0.3, -0.25) is 14.4 Å². The highest BCUT2D eigenvalue weighted by Crippen LogP contribution is 2.33. The largest absolute Gasteiger partial charge is 0.494 e. The van der Waals surface area contributed by atoms with E-state index in [4.69, 9.17) is 14.2 Å². The first-order valence-corrected chi connectivity index (χ1v) is 11.0. The van der Waals surface area contributed by atoms with Crippen LogP contribution >= 0.6 is 0 Å². The summed E-state index contributed by atoms with van der Waals surface area (Å²) < 4.78 is 16.2. The molecule has 0 aliphatic carbocycles. The lowest BCUT2D eigenvalue weighted by atomic mass is 10.0. The molecule has 0 spiro atoms. The molecule has 0 saturated heterocycles. The summed E-state index contributed by atoms with van der Waals surface area (Å²) in [5.74, 6) is 0.606. The molecule has 32 heavy (non-hydrogen) atoms. The van der Waals surface area contributed by atoms with Crippen molar-refractivity contribution in [1.29, 1.82) is 0 Å². The van der Waals surface area contributed by atoms with E-state index in [0.717, 1.165) is 12.2 Å². The first-order valence-electron chi connectivity index (χ1n) is 11.0. The first-order chi connectivity index (χ1) is 15.5. The highest BCUT2D eigenvalue weighted by molar-refractivity contribution is 6.02. The smallest absolute Gasteiger partial charge is 0.306 e. The SMILES string of the molecule is CCOC(=O)CCC(=O)c1ccc2c(c1)N(CCCOc1ccc(CC)cc1)C(=O)CO2. The van der Waals surface area contributed by atoms with Crippen LogP contribution in [0.1, 0.15) is 49.0 Å². The van der Waals surface area contributed by atoms with Gasteiger partial charge in [-0.15, -0.1) is 0 Å². The van der Waals surface area contributed by atoms with Gasteiger partial charge in [-0.25, -0.2) is 0 Å². The summed E-state index contributed by atoms with van der Waals surface area (Å²) in [7, 11) is 0. The molecule has 2 aromatic carbocycles. The van der Waals surface area contributed by atoms with Crippen LogP contribution in [0.25, 0.3) is 0 Å². The summed E-state index contributed by atoms with van der Waals surface area (Å²) in [4.78, 5) is 38.2. The maximum atomic E-state index is 12.5. The molecule has 1 amide bonds. The molecule has 7 nitrogen and oxygen atoms in total. The van der Waals surface area contributed by atoms with Crippen molar-refractivity contribution in [3.63, 3.8) is 0 Å². The van der Waals surface area contributed by atoms with Crippen LogP contribution in [0.3, 0.4) is 0 Å². The number of rotatable bonds is 11. The van der Waals surface area contributed by atoms with Crippen LogP contribution < -0.4 is 14.4 Å². The number of hydrogen-bond acceptors (Lipinski definition) is 6. The summed E-state index contributed by atoms with van der Waals surface area (Å²) >= 11 is 0. The Kier molecular flexibility index (Phi) is 8.25. The van der Waals surface area contributed by atoms with Gasteiger partial charge >= 0.3 is 5.97 Å². The van der Waals surface area contributed by atoms with E-state index in [1.165, 1.54) is 5.56 Å². The van der Waals surface area contributed by atoms with Gasteiger partial charge in [0.15, 0.2) is 12.4 Å². The minimum atomic E-state index is -0.400. The number of esters is 1. The molecule has 1 aliphatic rings. The predicted molar refractivity (Wildman–Crippen MR) is 120 cm³/mol. The molecule has 2 aromatic rings. The number of nitrogens with zero attached hydrogens (tertiary/aromatic N) is 1. The zero-order valence-corrected chi connectivity index (χ0v) is 18.6. The number of carbonyl (C=O) groups excluding carboxylic acids is 3. The molecular formula is C25H29NO6. The number of hydrogen-bond donors (Lipinski definition) is 0. The number of anilines is 1. The molecular weight excluding hydrogens is 410 g/mol. The van der Waals surface area contributed by atoms with Crippen LogP contribution in [0.15, 0.2) is 42.5 Å². The van der Waals surface area contributed by atoms with Gasteiger partial charge in [0.2, 0.25) is 0 Å². The summed E-state index contributed by atoms with van der Waals surface area (Å²) in [5, 5.41) is 0. The van der Waals surface area contributed by atoms with Crippen LogP contribution in [0.5, 0.6) is 11.5 Å². The second-order valence-corrected chi connectivity index (χ2v) is 7.44. The fourth-order valence-corrected chi connectivity index (χ4v) is 3.45. The Labute approximate surface area is 188 Å². The van der Waals surface area contributed by atoms with Gasteiger partial charge in [-0.1, -0.05) is 19.1 Å². The van der Waals surface area contributed by atoms with Gasteiger partial charge < -0.3 is 19.1 Å². The Morgan fingerprint density at radius 1 is 1.06 bits per heavy atom. The topological polar surface area (TPSA) is 82.1 Å². The summed E-state index contributed by atoms with van der Waals surface area (Å²) in [6, 6.07) is 13.0. The van der Waals surface area contributed by atoms with E-state index in [1.807, 2.05) is 24.3 Å². The van der Waals surface area contributed by atoms with Crippen molar-refractivity contribution in [2.24, 2.45) is 0 Å². The van der Waals surface area contributed by atoms with Crippen LogP contribution in [-0.2, 0) is 20.7 Å². The number of Topliss-reactive ketones (excluding diaryl/α,β-unsaturated/α-hetero) is 1. The molecule has 1 heterocycles. The molecule has 0 saturated carbocycles. The molecule has 0 bridgehead atoms. The third-order valence-electron chi connectivity index (χ3n) is 5.21. The van der Waals surface area contributed by atoms with Crippen LogP contribution in [0, 0.1) is 0 Å². The number of ether oxygens (including phenoxy) is 3. The van der Waals surface area contributed by atoms with Crippen LogP contribution in [0.4, 0.5) is 5.69 Å². The summed E-state index contributed by atoms with van der Waals surface area (Å²) in [5.41, 5.74) is 2.25. The van der Waals surface area contributed by atoms with Crippen molar-refractivity contribution < 1.29 is 28.6 Å². The van der Waals surface area contributed by atoms with Crippen molar-refractivity contribution >= 4 is 23.3 Å². The van der Waals surface area contributed by atoms with E-state index < -0.39 is 5.97 Å². The number of fused-ring (bicyclic) bond motifs is 1. The van der Waals surface area contributed by atoms with Gasteiger partial charge in [0.05, 0.1) is 25.3 Å². The zero-order chi connectivity index (χ0) is 22.9.